The molecule has 0 aliphatic carbocycles. The number of benzene rings is 1. The van der Waals surface area contributed by atoms with Crippen LogP contribution in [0.2, 0.25) is 0 Å². The predicted octanol–water partition coefficient (Wildman–Crippen LogP) is -0.866. The molecule has 0 spiro atoms. The Morgan fingerprint density at radius 2 is 1.77 bits per heavy atom. The molecule has 0 amide bonds. The summed E-state index contributed by atoms with van der Waals surface area (Å²) < 4.78 is 25.1. The summed E-state index contributed by atoms with van der Waals surface area (Å²) >= 11 is 0. The molecule has 0 saturated heterocycles. The monoisotopic (exact) mass is 348 g/mol. The van der Waals surface area contributed by atoms with Gasteiger partial charge in [0.25, 0.3) is 5.08 Å². The Bertz CT molecular complexity index is 727. The number of para-hydroxylation sites is 1. The summed E-state index contributed by atoms with van der Waals surface area (Å²) in [5.41, 5.74) is 0.718. The van der Waals surface area contributed by atoms with Gasteiger partial charge in [0.2, 0.25) is 6.33 Å². The topological polar surface area (TPSA) is 147 Å². The first-order valence-corrected chi connectivity index (χ1v) is 9.18. The van der Waals surface area contributed by atoms with E-state index in [1.54, 1.807) is 34.9 Å². The van der Waals surface area contributed by atoms with Crippen LogP contribution < -0.4 is 9.46 Å². The summed E-state index contributed by atoms with van der Waals surface area (Å²) in [6, 6.07) is 8.84. The van der Waals surface area contributed by atoms with Gasteiger partial charge < -0.3 is 29.2 Å². The molecular formula is C11H14N2O7P2. The highest BCUT2D eigenvalue weighted by Gasteiger charge is 2.55. The summed E-state index contributed by atoms with van der Waals surface area (Å²) in [6.45, 7) is -1.02. The summed E-state index contributed by atoms with van der Waals surface area (Å²) in [6.07, 6.45) is 4.14. The SMILES string of the molecule is O=P([O-])(O)C(O)(C[n+]1ccn(-c2ccccc2)c1)P(=O)(O)O. The largest absolute Gasteiger partial charge is 0.776 e. The Morgan fingerprint density at radius 1 is 1.18 bits per heavy atom. The third-order valence-corrected chi connectivity index (χ3v) is 6.72. The Kier molecular flexibility index (Phi) is 4.43. The highest BCUT2D eigenvalue weighted by Crippen LogP contribution is 2.65. The molecule has 2 aromatic rings. The van der Waals surface area contributed by atoms with Crippen LogP contribution in [0.25, 0.3) is 5.69 Å². The molecule has 0 aliphatic heterocycles. The molecule has 1 aromatic heterocycles. The van der Waals surface area contributed by atoms with Gasteiger partial charge in [-0.25, -0.2) is 9.13 Å². The molecule has 1 heterocycles. The van der Waals surface area contributed by atoms with Gasteiger partial charge in [-0.3, -0.25) is 4.57 Å². The first-order valence-electron chi connectivity index (χ1n) is 5.99. The van der Waals surface area contributed by atoms with Crippen LogP contribution in [0, 0.1) is 0 Å². The molecule has 11 heteroatoms. The predicted molar refractivity (Wildman–Crippen MR) is 72.8 cm³/mol. The second-order valence-corrected chi connectivity index (χ2v) is 8.63. The van der Waals surface area contributed by atoms with Crippen molar-refractivity contribution in [1.82, 2.24) is 4.57 Å². The maximum Gasteiger partial charge on any atom is 0.369 e. The number of rotatable bonds is 5. The number of imidazole rings is 1. The average molecular weight is 348 g/mol. The molecule has 0 aliphatic rings. The lowest BCUT2D eigenvalue weighted by Crippen LogP contribution is -2.48. The van der Waals surface area contributed by atoms with Crippen LogP contribution in [0.3, 0.4) is 0 Å². The second-order valence-electron chi connectivity index (χ2n) is 4.67. The molecule has 2 atom stereocenters. The highest BCUT2D eigenvalue weighted by molar-refractivity contribution is 7.71. The van der Waals surface area contributed by atoms with Crippen molar-refractivity contribution in [3.05, 3.63) is 49.1 Å². The quantitative estimate of drug-likeness (QED) is 0.406. The van der Waals surface area contributed by atoms with E-state index in [0.717, 1.165) is 10.3 Å². The van der Waals surface area contributed by atoms with E-state index in [2.05, 4.69) is 0 Å². The molecule has 0 bridgehead atoms. The lowest BCUT2D eigenvalue weighted by Gasteiger charge is -2.34. The van der Waals surface area contributed by atoms with Crippen molar-refractivity contribution in [2.24, 2.45) is 0 Å². The summed E-state index contributed by atoms with van der Waals surface area (Å²) in [7, 11) is -11.3. The summed E-state index contributed by atoms with van der Waals surface area (Å²) in [5.74, 6) is 0. The van der Waals surface area contributed by atoms with Crippen molar-refractivity contribution in [2.75, 3.05) is 0 Å². The third kappa shape index (κ3) is 3.21. The zero-order valence-corrected chi connectivity index (χ0v) is 12.9. The molecule has 9 nitrogen and oxygen atoms in total. The van der Waals surface area contributed by atoms with Gasteiger partial charge in [-0.15, -0.1) is 0 Å². The molecule has 4 N–H and O–H groups in total. The molecule has 0 fully saturated rings. The van der Waals surface area contributed by atoms with Crippen LogP contribution in [0.4, 0.5) is 0 Å². The molecule has 120 valence electrons. The smallest absolute Gasteiger partial charge is 0.369 e. The van der Waals surface area contributed by atoms with Crippen LogP contribution in [-0.4, -0.2) is 29.4 Å². The normalized spacial score (nSPS) is 17.7. The minimum Gasteiger partial charge on any atom is -0.776 e. The van der Waals surface area contributed by atoms with Crippen molar-refractivity contribution in [2.45, 2.75) is 11.6 Å². The van der Waals surface area contributed by atoms with Gasteiger partial charge in [0.15, 0.2) is 7.60 Å². The number of aliphatic hydroxyl groups is 1. The minimum atomic E-state index is -5.73. The maximum absolute atomic E-state index is 11.3. The minimum absolute atomic E-state index is 0.718. The van der Waals surface area contributed by atoms with E-state index >= 15 is 0 Å². The number of aromatic nitrogens is 2. The fourth-order valence-electron chi connectivity index (χ4n) is 1.83. The van der Waals surface area contributed by atoms with Crippen molar-refractivity contribution in [3.8, 4) is 5.69 Å². The van der Waals surface area contributed by atoms with Gasteiger partial charge in [0, 0.05) is 0 Å². The zero-order chi connectivity index (χ0) is 16.6. The fraction of sp³-hybridized carbons (Fsp3) is 0.182. The maximum atomic E-state index is 11.3. The van der Waals surface area contributed by atoms with E-state index in [1.807, 2.05) is 0 Å². The van der Waals surface area contributed by atoms with E-state index in [0.29, 0.717) is 0 Å². The highest BCUT2D eigenvalue weighted by atomic mass is 31.2. The van der Waals surface area contributed by atoms with E-state index in [1.165, 1.54) is 18.7 Å². The van der Waals surface area contributed by atoms with Crippen molar-refractivity contribution >= 4 is 15.2 Å². The summed E-state index contributed by atoms with van der Waals surface area (Å²) in [4.78, 5) is 38.3. The Morgan fingerprint density at radius 3 is 2.27 bits per heavy atom. The van der Waals surface area contributed by atoms with Gasteiger partial charge in [-0.2, -0.15) is 0 Å². The summed E-state index contributed by atoms with van der Waals surface area (Å²) in [5, 5.41) is 6.21. The van der Waals surface area contributed by atoms with Crippen LogP contribution in [-0.2, 0) is 15.7 Å². The number of hydrogen-bond acceptors (Lipinski definition) is 4. The number of nitrogens with zero attached hydrogens (tertiary/aromatic N) is 2. The standard InChI is InChI=1S/C11H14N2O7P2/c14-11(21(15,16)17,22(18,19)20)8-12-6-7-13(9-12)10-4-2-1-3-5-10/h1-7,9,14H,8H2,(H3-,15,16,17,18,19,20). The molecule has 0 saturated carbocycles. The van der Waals surface area contributed by atoms with Crippen molar-refractivity contribution in [3.63, 3.8) is 0 Å². The van der Waals surface area contributed by atoms with E-state index < -0.39 is 26.8 Å². The zero-order valence-electron chi connectivity index (χ0n) is 11.1. The van der Waals surface area contributed by atoms with Gasteiger partial charge in [0.05, 0.1) is 0 Å². The van der Waals surface area contributed by atoms with E-state index in [4.69, 9.17) is 14.7 Å². The number of hydrogen-bond donors (Lipinski definition) is 4. The van der Waals surface area contributed by atoms with Crippen LogP contribution in [0.15, 0.2) is 49.1 Å². The Balaban J connectivity index is 2.36. The molecular weight excluding hydrogens is 334 g/mol. The van der Waals surface area contributed by atoms with E-state index in [9.17, 15) is 19.1 Å². The van der Waals surface area contributed by atoms with Crippen molar-refractivity contribution in [1.29, 1.82) is 0 Å². The average Bonchev–Trinajstić information content (AvgIpc) is 2.85. The first-order chi connectivity index (χ1) is 10.0. The van der Waals surface area contributed by atoms with Gasteiger partial charge in [0.1, 0.15) is 24.6 Å². The van der Waals surface area contributed by atoms with Gasteiger partial charge in [-0.1, -0.05) is 18.2 Å². The Hall–Kier alpha value is -1.31. The lowest BCUT2D eigenvalue weighted by molar-refractivity contribution is -0.703. The molecule has 1 aromatic carbocycles. The Labute approximate surface area is 125 Å². The second kappa shape index (κ2) is 5.72. The van der Waals surface area contributed by atoms with Crippen LogP contribution >= 0.6 is 15.2 Å². The molecule has 2 rings (SSSR count). The van der Waals surface area contributed by atoms with Gasteiger partial charge in [-0.05, 0) is 12.1 Å². The molecule has 22 heavy (non-hydrogen) atoms. The van der Waals surface area contributed by atoms with E-state index in [-0.39, 0.29) is 0 Å². The van der Waals surface area contributed by atoms with Gasteiger partial charge >= 0.3 is 7.60 Å². The first kappa shape index (κ1) is 17.1. The molecule has 0 radical (unpaired) electrons. The fourth-order valence-corrected chi connectivity index (χ4v) is 3.84. The lowest BCUT2D eigenvalue weighted by atomic mass is 10.3. The van der Waals surface area contributed by atoms with Crippen LogP contribution in [0.1, 0.15) is 0 Å². The molecule has 2 unspecified atom stereocenters. The van der Waals surface area contributed by atoms with Crippen LogP contribution in [0.5, 0.6) is 0 Å². The van der Waals surface area contributed by atoms with Crippen molar-refractivity contribution < 1.29 is 38.4 Å². The third-order valence-electron chi connectivity index (χ3n) is 3.06.